The summed E-state index contributed by atoms with van der Waals surface area (Å²) in [6.07, 6.45) is 3.70. The molecular formula is C17H18O. The molecule has 0 amide bonds. The highest BCUT2D eigenvalue weighted by Gasteiger charge is 2.39. The van der Waals surface area contributed by atoms with Crippen LogP contribution in [0.2, 0.25) is 0 Å². The van der Waals surface area contributed by atoms with Gasteiger partial charge in [0.25, 0.3) is 0 Å². The van der Waals surface area contributed by atoms with E-state index in [0.717, 1.165) is 0 Å². The van der Waals surface area contributed by atoms with Gasteiger partial charge in [-0.2, -0.15) is 0 Å². The van der Waals surface area contributed by atoms with E-state index in [-0.39, 0.29) is 5.41 Å². The average molecular weight is 238 g/mol. The monoisotopic (exact) mass is 238 g/mol. The highest BCUT2D eigenvalue weighted by Crippen LogP contribution is 2.49. The summed E-state index contributed by atoms with van der Waals surface area (Å²) in [5.41, 5.74) is 4.22. The molecule has 0 aliphatic heterocycles. The van der Waals surface area contributed by atoms with Gasteiger partial charge in [0.15, 0.2) is 0 Å². The van der Waals surface area contributed by atoms with Crippen molar-refractivity contribution in [3.63, 3.8) is 0 Å². The third-order valence-corrected chi connectivity index (χ3v) is 4.23. The van der Waals surface area contributed by atoms with E-state index in [1.165, 1.54) is 36.0 Å². The summed E-state index contributed by atoms with van der Waals surface area (Å²) in [4.78, 5) is 0. The number of hydrogen-bond acceptors (Lipinski definition) is 1. The normalized spacial score (nSPS) is 17.2. The Balaban J connectivity index is 2.04. The maximum absolute atomic E-state index is 9.42. The molecule has 92 valence electrons. The van der Waals surface area contributed by atoms with E-state index in [1.54, 1.807) is 12.1 Å². The second-order valence-corrected chi connectivity index (χ2v) is 5.35. The van der Waals surface area contributed by atoms with Crippen LogP contribution in [0.4, 0.5) is 0 Å². The molecule has 0 unspecified atom stereocenters. The molecule has 0 saturated heterocycles. The number of aromatic hydroxyl groups is 1. The lowest BCUT2D eigenvalue weighted by atomic mass is 9.60. The predicted octanol–water partition coefficient (Wildman–Crippen LogP) is 4.17. The van der Waals surface area contributed by atoms with Crippen molar-refractivity contribution in [1.29, 1.82) is 0 Å². The van der Waals surface area contributed by atoms with Gasteiger partial charge in [-0.15, -0.1) is 0 Å². The number of hydrogen-bond donors (Lipinski definition) is 1. The number of phenols is 1. The zero-order valence-electron chi connectivity index (χ0n) is 10.7. The summed E-state index contributed by atoms with van der Waals surface area (Å²) in [6, 6.07) is 16.6. The summed E-state index contributed by atoms with van der Waals surface area (Å²) < 4.78 is 0. The lowest BCUT2D eigenvalue weighted by molar-refractivity contribution is 0.301. The van der Waals surface area contributed by atoms with Crippen LogP contribution in [-0.2, 0) is 5.41 Å². The number of aryl methyl sites for hydroxylation is 1. The first-order valence-electron chi connectivity index (χ1n) is 6.57. The van der Waals surface area contributed by atoms with E-state index in [0.29, 0.717) is 5.75 Å². The van der Waals surface area contributed by atoms with Crippen LogP contribution in [0.1, 0.15) is 36.0 Å². The van der Waals surface area contributed by atoms with Crippen LogP contribution in [-0.4, -0.2) is 5.11 Å². The standard InChI is InChI=1S/C17H18O/c1-13-3-5-14(6-4-13)17(11-2-12-17)15-7-9-16(18)10-8-15/h3-10,18H,2,11-12H2,1H3. The van der Waals surface area contributed by atoms with Crippen molar-refractivity contribution in [2.24, 2.45) is 0 Å². The van der Waals surface area contributed by atoms with Crippen LogP contribution in [0, 0.1) is 6.92 Å². The molecule has 1 aliphatic carbocycles. The molecule has 18 heavy (non-hydrogen) atoms. The van der Waals surface area contributed by atoms with E-state index in [2.05, 4.69) is 43.3 Å². The van der Waals surface area contributed by atoms with Crippen molar-refractivity contribution in [2.75, 3.05) is 0 Å². The van der Waals surface area contributed by atoms with Crippen molar-refractivity contribution >= 4 is 0 Å². The highest BCUT2D eigenvalue weighted by atomic mass is 16.3. The SMILES string of the molecule is Cc1ccc(C2(c3ccc(O)cc3)CCC2)cc1. The molecular weight excluding hydrogens is 220 g/mol. The van der Waals surface area contributed by atoms with Gasteiger partial charge in [-0.25, -0.2) is 0 Å². The molecule has 0 heterocycles. The molecule has 0 radical (unpaired) electrons. The molecule has 0 atom stereocenters. The fourth-order valence-electron chi connectivity index (χ4n) is 2.93. The van der Waals surface area contributed by atoms with Crippen LogP contribution in [0.15, 0.2) is 48.5 Å². The van der Waals surface area contributed by atoms with Gasteiger partial charge in [0, 0.05) is 5.41 Å². The number of benzene rings is 2. The molecule has 1 heteroatoms. The number of rotatable bonds is 2. The molecule has 1 aliphatic rings. The van der Waals surface area contributed by atoms with Gasteiger partial charge in [-0.3, -0.25) is 0 Å². The van der Waals surface area contributed by atoms with Crippen molar-refractivity contribution in [1.82, 2.24) is 0 Å². The molecule has 2 aromatic carbocycles. The average Bonchev–Trinajstić information content (AvgIpc) is 2.32. The van der Waals surface area contributed by atoms with Crippen molar-refractivity contribution in [3.05, 3.63) is 65.2 Å². The lowest BCUT2D eigenvalue weighted by Gasteiger charge is -2.43. The van der Waals surface area contributed by atoms with Crippen molar-refractivity contribution in [2.45, 2.75) is 31.6 Å². The molecule has 3 rings (SSSR count). The van der Waals surface area contributed by atoms with Gasteiger partial charge >= 0.3 is 0 Å². The van der Waals surface area contributed by atoms with E-state index < -0.39 is 0 Å². The van der Waals surface area contributed by atoms with Crippen LogP contribution in [0.3, 0.4) is 0 Å². The van der Waals surface area contributed by atoms with Crippen molar-refractivity contribution in [3.8, 4) is 5.75 Å². The van der Waals surface area contributed by atoms with Crippen LogP contribution < -0.4 is 0 Å². The Bertz CT molecular complexity index is 485. The quantitative estimate of drug-likeness (QED) is 0.832. The molecule has 1 saturated carbocycles. The minimum absolute atomic E-state index is 0.182. The third kappa shape index (κ3) is 1.71. The summed E-state index contributed by atoms with van der Waals surface area (Å²) in [7, 11) is 0. The third-order valence-electron chi connectivity index (χ3n) is 4.23. The highest BCUT2D eigenvalue weighted by molar-refractivity contribution is 5.44. The maximum atomic E-state index is 9.42. The second kappa shape index (κ2) is 4.16. The van der Waals surface area contributed by atoms with Crippen LogP contribution in [0.25, 0.3) is 0 Å². The second-order valence-electron chi connectivity index (χ2n) is 5.35. The molecule has 1 fully saturated rings. The topological polar surface area (TPSA) is 20.2 Å². The van der Waals surface area contributed by atoms with Gasteiger partial charge in [0.05, 0.1) is 0 Å². The molecule has 0 spiro atoms. The fraction of sp³-hybridized carbons (Fsp3) is 0.294. The molecule has 2 aromatic rings. The molecule has 0 aromatic heterocycles. The Morgan fingerprint density at radius 1 is 0.833 bits per heavy atom. The molecule has 0 bridgehead atoms. The minimum atomic E-state index is 0.182. The smallest absolute Gasteiger partial charge is 0.115 e. The van der Waals surface area contributed by atoms with Crippen molar-refractivity contribution < 1.29 is 5.11 Å². The van der Waals surface area contributed by atoms with E-state index in [9.17, 15) is 5.11 Å². The largest absolute Gasteiger partial charge is 0.508 e. The Labute approximate surface area is 108 Å². The summed E-state index contributed by atoms with van der Waals surface area (Å²) >= 11 is 0. The Hall–Kier alpha value is -1.76. The summed E-state index contributed by atoms with van der Waals surface area (Å²) in [5, 5.41) is 9.42. The predicted molar refractivity (Wildman–Crippen MR) is 73.9 cm³/mol. The molecule has 1 N–H and O–H groups in total. The van der Waals surface area contributed by atoms with Gasteiger partial charge in [-0.05, 0) is 43.0 Å². The van der Waals surface area contributed by atoms with Crippen LogP contribution >= 0.6 is 0 Å². The Kier molecular flexibility index (Phi) is 2.62. The van der Waals surface area contributed by atoms with Gasteiger partial charge < -0.3 is 5.11 Å². The van der Waals surface area contributed by atoms with Crippen LogP contribution in [0.5, 0.6) is 5.75 Å². The first kappa shape index (κ1) is 11.3. The minimum Gasteiger partial charge on any atom is -0.508 e. The van der Waals surface area contributed by atoms with Gasteiger partial charge in [0.2, 0.25) is 0 Å². The number of phenolic OH excluding ortho intramolecular Hbond substituents is 1. The maximum Gasteiger partial charge on any atom is 0.115 e. The lowest BCUT2D eigenvalue weighted by Crippen LogP contribution is -2.35. The Morgan fingerprint density at radius 2 is 1.33 bits per heavy atom. The first-order chi connectivity index (χ1) is 8.71. The zero-order valence-corrected chi connectivity index (χ0v) is 10.7. The first-order valence-corrected chi connectivity index (χ1v) is 6.57. The summed E-state index contributed by atoms with van der Waals surface area (Å²) in [5.74, 6) is 0.345. The Morgan fingerprint density at radius 3 is 1.78 bits per heavy atom. The van der Waals surface area contributed by atoms with E-state index >= 15 is 0 Å². The van der Waals surface area contributed by atoms with Gasteiger partial charge in [-0.1, -0.05) is 48.4 Å². The summed E-state index contributed by atoms with van der Waals surface area (Å²) in [6.45, 7) is 2.12. The van der Waals surface area contributed by atoms with E-state index in [4.69, 9.17) is 0 Å². The zero-order chi connectivity index (χ0) is 12.6. The molecule has 1 nitrogen and oxygen atoms in total. The van der Waals surface area contributed by atoms with E-state index in [1.807, 2.05) is 0 Å². The fourth-order valence-corrected chi connectivity index (χ4v) is 2.93. The van der Waals surface area contributed by atoms with Gasteiger partial charge in [0.1, 0.15) is 5.75 Å².